The summed E-state index contributed by atoms with van der Waals surface area (Å²) in [6.07, 6.45) is 3.06. The second-order valence-corrected chi connectivity index (χ2v) is 5.52. The van der Waals surface area contributed by atoms with Crippen LogP contribution in [0.15, 0.2) is 23.4 Å². The van der Waals surface area contributed by atoms with Gasteiger partial charge in [0.1, 0.15) is 0 Å². The molecule has 1 atom stereocenters. The smallest absolute Gasteiger partial charge is 0.156 e. The first-order chi connectivity index (χ1) is 9.13. The molecule has 19 heavy (non-hydrogen) atoms. The van der Waals surface area contributed by atoms with Crippen LogP contribution in [0.25, 0.3) is 0 Å². The minimum Gasteiger partial charge on any atom is -0.409 e. The lowest BCUT2D eigenvalue weighted by atomic mass is 10.0. The van der Waals surface area contributed by atoms with Crippen molar-refractivity contribution in [1.29, 1.82) is 0 Å². The number of hydrogen-bond donors (Lipinski definition) is 2. The van der Waals surface area contributed by atoms with Gasteiger partial charge in [-0.2, -0.15) is 0 Å². The molecule has 1 fully saturated rings. The van der Waals surface area contributed by atoms with E-state index >= 15 is 0 Å². The molecule has 4 nitrogen and oxygen atoms in total. The zero-order valence-corrected chi connectivity index (χ0v) is 12.0. The number of nitrogens with zero attached hydrogens (tertiary/aromatic N) is 2. The van der Waals surface area contributed by atoms with E-state index in [0.29, 0.717) is 16.6 Å². The molecule has 0 spiro atoms. The monoisotopic (exact) mass is 301 g/mol. The first-order valence-electron chi connectivity index (χ1n) is 6.28. The first-order valence-corrected chi connectivity index (χ1v) is 7.03. The van der Waals surface area contributed by atoms with Crippen LogP contribution in [0.1, 0.15) is 24.8 Å². The second kappa shape index (κ2) is 6.46. The van der Waals surface area contributed by atoms with Crippen molar-refractivity contribution in [3.05, 3.63) is 33.8 Å². The average Bonchev–Trinajstić information content (AvgIpc) is 2.42. The molecule has 1 heterocycles. The van der Waals surface area contributed by atoms with Crippen LogP contribution in [0.3, 0.4) is 0 Å². The molecule has 2 rings (SSSR count). The molecule has 1 aliphatic rings. The average molecular weight is 302 g/mol. The van der Waals surface area contributed by atoms with Gasteiger partial charge in [0.25, 0.3) is 0 Å². The predicted molar refractivity (Wildman–Crippen MR) is 77.9 cm³/mol. The zero-order valence-electron chi connectivity index (χ0n) is 10.5. The Balaban J connectivity index is 2.20. The Bertz CT molecular complexity index is 459. The summed E-state index contributed by atoms with van der Waals surface area (Å²) >= 11 is 12.4. The lowest BCUT2D eigenvalue weighted by Gasteiger charge is -2.35. The highest BCUT2D eigenvalue weighted by Crippen LogP contribution is 2.28. The number of amidine groups is 1. The van der Waals surface area contributed by atoms with E-state index in [2.05, 4.69) is 10.1 Å². The molecule has 3 N–H and O–H groups in total. The molecule has 104 valence electrons. The van der Waals surface area contributed by atoms with Gasteiger partial charge in [-0.15, -0.1) is 0 Å². The number of nitrogens with two attached hydrogens (primary N) is 1. The maximum Gasteiger partial charge on any atom is 0.156 e. The number of hydrogen-bond acceptors (Lipinski definition) is 3. The predicted octanol–water partition coefficient (Wildman–Crippen LogP) is 3.09. The molecular weight excluding hydrogens is 285 g/mol. The van der Waals surface area contributed by atoms with Crippen molar-refractivity contribution >= 4 is 29.0 Å². The number of piperidine rings is 1. The largest absolute Gasteiger partial charge is 0.409 e. The summed E-state index contributed by atoms with van der Waals surface area (Å²) in [5.41, 5.74) is 6.65. The fraction of sp³-hybridized carbons (Fsp3) is 0.462. The van der Waals surface area contributed by atoms with E-state index in [1.807, 2.05) is 18.2 Å². The minimum atomic E-state index is -0.0499. The molecule has 0 aromatic heterocycles. The van der Waals surface area contributed by atoms with Gasteiger partial charge in [0.05, 0.1) is 6.04 Å². The van der Waals surface area contributed by atoms with E-state index in [1.165, 1.54) is 0 Å². The highest BCUT2D eigenvalue weighted by molar-refractivity contribution is 6.35. The molecule has 1 unspecified atom stereocenters. The molecule has 0 aliphatic carbocycles. The lowest BCUT2D eigenvalue weighted by Crippen LogP contribution is -2.47. The van der Waals surface area contributed by atoms with Crippen LogP contribution in [0, 0.1) is 0 Å². The summed E-state index contributed by atoms with van der Waals surface area (Å²) in [4.78, 5) is 2.16. The molecule has 0 amide bonds. The standard InChI is InChI=1S/C13H17Cl2N3O/c14-10-4-3-5-11(15)9(10)8-18-7-2-1-6-12(18)13(16)17-19/h3-5,12,19H,1-2,6-8H2,(H2,16,17). The third-order valence-corrected chi connectivity index (χ3v) is 4.20. The van der Waals surface area contributed by atoms with E-state index in [1.54, 1.807) is 0 Å². The van der Waals surface area contributed by atoms with Crippen LogP contribution in [-0.4, -0.2) is 28.5 Å². The topological polar surface area (TPSA) is 61.9 Å². The third kappa shape index (κ3) is 3.32. The van der Waals surface area contributed by atoms with Crippen molar-refractivity contribution in [2.24, 2.45) is 10.9 Å². The number of oxime groups is 1. The summed E-state index contributed by atoms with van der Waals surface area (Å²) in [5.74, 6) is 0.253. The molecule has 0 radical (unpaired) electrons. The van der Waals surface area contributed by atoms with Gasteiger partial charge < -0.3 is 10.9 Å². The van der Waals surface area contributed by atoms with Gasteiger partial charge >= 0.3 is 0 Å². The van der Waals surface area contributed by atoms with E-state index in [9.17, 15) is 0 Å². The Morgan fingerprint density at radius 2 is 2.05 bits per heavy atom. The van der Waals surface area contributed by atoms with Gasteiger partial charge in [-0.05, 0) is 31.5 Å². The van der Waals surface area contributed by atoms with Crippen molar-refractivity contribution < 1.29 is 5.21 Å². The molecule has 1 aliphatic heterocycles. The van der Waals surface area contributed by atoms with Gasteiger partial charge in [0.15, 0.2) is 5.84 Å². The maximum atomic E-state index is 8.86. The van der Waals surface area contributed by atoms with Crippen molar-refractivity contribution in [2.75, 3.05) is 6.54 Å². The molecule has 6 heteroatoms. The quantitative estimate of drug-likeness (QED) is 0.390. The van der Waals surface area contributed by atoms with Crippen molar-refractivity contribution in [1.82, 2.24) is 4.90 Å². The molecular formula is C13H17Cl2N3O. The van der Waals surface area contributed by atoms with Crippen molar-refractivity contribution in [3.63, 3.8) is 0 Å². The van der Waals surface area contributed by atoms with Crippen LogP contribution in [0.5, 0.6) is 0 Å². The molecule has 1 aromatic rings. The Kier molecular flexibility index (Phi) is 4.91. The molecule has 0 bridgehead atoms. The number of rotatable bonds is 3. The summed E-state index contributed by atoms with van der Waals surface area (Å²) in [6.45, 7) is 1.50. The Morgan fingerprint density at radius 1 is 1.37 bits per heavy atom. The van der Waals surface area contributed by atoms with Gasteiger partial charge in [-0.3, -0.25) is 4.90 Å². The molecule has 1 saturated heterocycles. The summed E-state index contributed by atoms with van der Waals surface area (Å²) < 4.78 is 0. The minimum absolute atomic E-state index is 0.0499. The number of benzene rings is 1. The number of likely N-dealkylation sites (tertiary alicyclic amines) is 1. The van der Waals surface area contributed by atoms with E-state index in [0.717, 1.165) is 31.4 Å². The maximum absolute atomic E-state index is 8.86. The summed E-state index contributed by atoms with van der Waals surface area (Å²) in [6, 6.07) is 5.42. The van der Waals surface area contributed by atoms with Gasteiger partial charge in [0, 0.05) is 22.2 Å². The van der Waals surface area contributed by atoms with Crippen LogP contribution in [0.4, 0.5) is 0 Å². The normalized spacial score (nSPS) is 21.6. The second-order valence-electron chi connectivity index (χ2n) is 4.71. The van der Waals surface area contributed by atoms with Crippen LogP contribution < -0.4 is 5.73 Å². The fourth-order valence-corrected chi connectivity index (χ4v) is 2.99. The molecule has 1 aromatic carbocycles. The van der Waals surface area contributed by atoms with E-state index in [-0.39, 0.29) is 11.9 Å². The van der Waals surface area contributed by atoms with E-state index < -0.39 is 0 Å². The van der Waals surface area contributed by atoms with Crippen LogP contribution >= 0.6 is 23.2 Å². The van der Waals surface area contributed by atoms with Gasteiger partial charge in [-0.1, -0.05) is 40.8 Å². The Morgan fingerprint density at radius 3 is 2.68 bits per heavy atom. The first kappa shape index (κ1) is 14.4. The third-order valence-electron chi connectivity index (χ3n) is 3.49. The van der Waals surface area contributed by atoms with Crippen molar-refractivity contribution in [2.45, 2.75) is 31.8 Å². The summed E-state index contributed by atoms with van der Waals surface area (Å²) in [5, 5.41) is 13.3. The summed E-state index contributed by atoms with van der Waals surface area (Å²) in [7, 11) is 0. The Hall–Kier alpha value is -0.970. The van der Waals surface area contributed by atoms with Gasteiger partial charge in [-0.25, -0.2) is 0 Å². The van der Waals surface area contributed by atoms with E-state index in [4.69, 9.17) is 34.1 Å². The van der Waals surface area contributed by atoms with Gasteiger partial charge in [0.2, 0.25) is 0 Å². The highest BCUT2D eigenvalue weighted by atomic mass is 35.5. The highest BCUT2D eigenvalue weighted by Gasteiger charge is 2.27. The Labute approximate surface area is 122 Å². The van der Waals surface area contributed by atoms with Crippen LogP contribution in [-0.2, 0) is 6.54 Å². The number of halogens is 2. The van der Waals surface area contributed by atoms with Crippen molar-refractivity contribution in [3.8, 4) is 0 Å². The molecule has 0 saturated carbocycles. The fourth-order valence-electron chi connectivity index (χ4n) is 2.47. The lowest BCUT2D eigenvalue weighted by molar-refractivity contribution is 0.178. The van der Waals surface area contributed by atoms with Crippen LogP contribution in [0.2, 0.25) is 10.0 Å². The SMILES string of the molecule is NC(=NO)C1CCCCN1Cc1c(Cl)cccc1Cl. The zero-order chi connectivity index (χ0) is 13.8.